The number of carbonyl (C=O) groups is 2. The van der Waals surface area contributed by atoms with Gasteiger partial charge in [-0.3, -0.25) is 4.90 Å². The fourth-order valence-corrected chi connectivity index (χ4v) is 2.68. The number of aromatic nitrogens is 1. The predicted molar refractivity (Wildman–Crippen MR) is 85.6 cm³/mol. The van der Waals surface area contributed by atoms with Gasteiger partial charge in [0.1, 0.15) is 6.54 Å². The highest BCUT2D eigenvalue weighted by Crippen LogP contribution is 2.20. The van der Waals surface area contributed by atoms with E-state index in [2.05, 4.69) is 0 Å². The fraction of sp³-hybridized carbons (Fsp3) is 0.294. The number of cyclic esters (lactones) is 2. The first-order valence-electron chi connectivity index (χ1n) is 7.74. The molecule has 1 aromatic carbocycles. The van der Waals surface area contributed by atoms with Crippen LogP contribution in [0.4, 0.5) is 8.78 Å². The molecule has 2 aromatic rings. The van der Waals surface area contributed by atoms with E-state index < -0.39 is 29.5 Å². The minimum absolute atomic E-state index is 0.283. The molecule has 0 saturated heterocycles. The van der Waals surface area contributed by atoms with Gasteiger partial charge < -0.3 is 19.1 Å². The molecule has 0 unspecified atom stereocenters. The van der Waals surface area contributed by atoms with Crippen LogP contribution >= 0.6 is 0 Å². The van der Waals surface area contributed by atoms with E-state index in [4.69, 9.17) is 9.47 Å². The Bertz CT molecular complexity index is 873. The first kappa shape index (κ1) is 18.0. The number of hydrogen-bond donors (Lipinski definition) is 1. The summed E-state index contributed by atoms with van der Waals surface area (Å²) in [6.45, 7) is 0.434. The van der Waals surface area contributed by atoms with Crippen molar-refractivity contribution in [1.29, 1.82) is 0 Å². The number of hydrogen-bond acceptors (Lipinski definition) is 6. The lowest BCUT2D eigenvalue weighted by atomic mass is 10.2. The van der Waals surface area contributed by atoms with Gasteiger partial charge in [0.15, 0.2) is 11.6 Å². The highest BCUT2D eigenvalue weighted by molar-refractivity contribution is 5.93. The molecule has 0 aliphatic carbocycles. The molecule has 9 heteroatoms. The van der Waals surface area contributed by atoms with E-state index in [1.54, 1.807) is 28.8 Å². The van der Waals surface area contributed by atoms with Gasteiger partial charge in [0.2, 0.25) is 0 Å². The molecule has 138 valence electrons. The zero-order valence-electron chi connectivity index (χ0n) is 13.8. The van der Waals surface area contributed by atoms with Crippen LogP contribution in [-0.2, 0) is 25.6 Å². The third-order valence-electron chi connectivity index (χ3n) is 3.88. The summed E-state index contributed by atoms with van der Waals surface area (Å²) in [7, 11) is 1.61. The average molecular weight is 366 g/mol. The van der Waals surface area contributed by atoms with Gasteiger partial charge in [-0.05, 0) is 19.2 Å². The Labute approximate surface area is 147 Å². The Morgan fingerprint density at radius 1 is 1.15 bits per heavy atom. The molecule has 0 saturated carbocycles. The fourth-order valence-electron chi connectivity index (χ4n) is 2.68. The van der Waals surface area contributed by atoms with Gasteiger partial charge >= 0.3 is 17.9 Å². The van der Waals surface area contributed by atoms with E-state index in [9.17, 15) is 23.5 Å². The minimum Gasteiger partial charge on any atom is -0.394 e. The van der Waals surface area contributed by atoms with Gasteiger partial charge in [-0.15, -0.1) is 0 Å². The number of ether oxygens (including phenoxy) is 2. The summed E-state index contributed by atoms with van der Waals surface area (Å²) in [6, 6.07) is 3.88. The van der Waals surface area contributed by atoms with E-state index in [0.717, 1.165) is 24.3 Å². The second kappa shape index (κ2) is 6.85. The summed E-state index contributed by atoms with van der Waals surface area (Å²) >= 11 is 0. The number of fused-ring (bicyclic) bond motifs is 1. The number of rotatable bonds is 5. The molecular formula is C17H16F2N2O5. The molecule has 0 atom stereocenters. The molecule has 2 heterocycles. The maximum Gasteiger partial charge on any atom is 0.387 e. The first-order valence-corrected chi connectivity index (χ1v) is 7.74. The number of esters is 2. The quantitative estimate of drug-likeness (QED) is 0.800. The van der Waals surface area contributed by atoms with E-state index in [-0.39, 0.29) is 6.54 Å². The van der Waals surface area contributed by atoms with Gasteiger partial charge in [-0.2, -0.15) is 0 Å². The van der Waals surface area contributed by atoms with Crippen molar-refractivity contribution in [1.82, 2.24) is 9.47 Å². The van der Waals surface area contributed by atoms with Crippen LogP contribution in [0.1, 0.15) is 0 Å². The predicted octanol–water partition coefficient (Wildman–Crippen LogP) is 1.15. The Hall–Kier alpha value is -2.78. The highest BCUT2D eigenvalue weighted by atomic mass is 19.2. The van der Waals surface area contributed by atoms with Gasteiger partial charge in [0.25, 0.3) is 0 Å². The van der Waals surface area contributed by atoms with Crippen LogP contribution in [0.2, 0.25) is 0 Å². The molecule has 7 nitrogen and oxygen atoms in total. The molecule has 1 aliphatic heterocycles. The number of benzene rings is 1. The molecule has 0 amide bonds. The van der Waals surface area contributed by atoms with Crippen molar-refractivity contribution in [3.63, 3.8) is 0 Å². The normalized spacial score (nSPS) is 16.7. The first-order chi connectivity index (χ1) is 12.3. The average Bonchev–Trinajstić information content (AvgIpc) is 2.86. The summed E-state index contributed by atoms with van der Waals surface area (Å²) in [6.07, 6.45) is 3.40. The standard InChI is InChI=1S/C17H16F2N2O5/c1-20(10-17(24)25-15(22)2-3-16(23)26-17)6-7-21-5-4-11-8-12(18)13(19)9-14(11)21/h2-5,8-9,24H,6-7,10H2,1H3. The van der Waals surface area contributed by atoms with Crippen LogP contribution in [-0.4, -0.2) is 52.6 Å². The third-order valence-corrected chi connectivity index (χ3v) is 3.88. The van der Waals surface area contributed by atoms with Crippen LogP contribution in [0.25, 0.3) is 10.9 Å². The van der Waals surface area contributed by atoms with Crippen LogP contribution in [0, 0.1) is 11.6 Å². The second-order valence-electron chi connectivity index (χ2n) is 5.96. The summed E-state index contributed by atoms with van der Waals surface area (Å²) in [5, 5.41) is 10.8. The highest BCUT2D eigenvalue weighted by Gasteiger charge is 2.38. The SMILES string of the molecule is CN(CCn1ccc2cc(F)c(F)cc21)CC1(O)OC(=O)C=CC(=O)O1. The molecule has 0 fully saturated rings. The number of halogens is 2. The summed E-state index contributed by atoms with van der Waals surface area (Å²) < 4.78 is 37.9. The van der Waals surface area contributed by atoms with E-state index in [0.29, 0.717) is 24.0 Å². The van der Waals surface area contributed by atoms with Crippen molar-refractivity contribution in [3.8, 4) is 0 Å². The molecule has 3 rings (SSSR count). The van der Waals surface area contributed by atoms with Gasteiger partial charge in [-0.25, -0.2) is 18.4 Å². The second-order valence-corrected chi connectivity index (χ2v) is 5.96. The summed E-state index contributed by atoms with van der Waals surface area (Å²) in [5.74, 6) is -6.06. The minimum atomic E-state index is -2.40. The molecule has 0 radical (unpaired) electrons. The summed E-state index contributed by atoms with van der Waals surface area (Å²) in [4.78, 5) is 24.3. The van der Waals surface area contributed by atoms with Gasteiger partial charge in [0, 0.05) is 42.9 Å². The zero-order valence-corrected chi connectivity index (χ0v) is 13.8. The topological polar surface area (TPSA) is 81.0 Å². The summed E-state index contributed by atoms with van der Waals surface area (Å²) in [5.41, 5.74) is 0.521. The molecule has 26 heavy (non-hydrogen) atoms. The monoisotopic (exact) mass is 366 g/mol. The molecule has 1 aliphatic rings. The maximum absolute atomic E-state index is 13.4. The van der Waals surface area contributed by atoms with Crippen LogP contribution < -0.4 is 0 Å². The lowest BCUT2D eigenvalue weighted by Crippen LogP contribution is -2.48. The maximum atomic E-state index is 13.4. The lowest BCUT2D eigenvalue weighted by molar-refractivity contribution is -0.323. The van der Waals surface area contributed by atoms with Crippen molar-refractivity contribution in [3.05, 3.63) is 48.2 Å². The number of aliphatic hydroxyl groups is 1. The largest absolute Gasteiger partial charge is 0.394 e. The Kier molecular flexibility index (Phi) is 4.75. The number of nitrogens with zero attached hydrogens (tertiary/aromatic N) is 2. The number of carbonyl (C=O) groups excluding carboxylic acids is 2. The van der Waals surface area contributed by atoms with Crippen molar-refractivity contribution in [2.75, 3.05) is 20.1 Å². The smallest absolute Gasteiger partial charge is 0.387 e. The number of likely N-dealkylation sites (N-methyl/N-ethyl adjacent to an activating group) is 1. The Morgan fingerprint density at radius 2 is 1.77 bits per heavy atom. The van der Waals surface area contributed by atoms with Crippen LogP contribution in [0.5, 0.6) is 0 Å². The molecule has 1 aromatic heterocycles. The molecule has 0 bridgehead atoms. The van der Waals surface area contributed by atoms with Crippen molar-refractivity contribution >= 4 is 22.8 Å². The molecule has 1 N–H and O–H groups in total. The zero-order chi connectivity index (χ0) is 18.9. The lowest BCUT2D eigenvalue weighted by Gasteiger charge is -2.29. The molecular weight excluding hydrogens is 350 g/mol. The van der Waals surface area contributed by atoms with E-state index >= 15 is 0 Å². The Morgan fingerprint density at radius 3 is 2.42 bits per heavy atom. The van der Waals surface area contributed by atoms with Gasteiger partial charge in [0.05, 0.1) is 5.52 Å². The van der Waals surface area contributed by atoms with Gasteiger partial charge in [-0.1, -0.05) is 0 Å². The molecule has 0 spiro atoms. The Balaban J connectivity index is 1.66. The van der Waals surface area contributed by atoms with Crippen LogP contribution in [0.15, 0.2) is 36.5 Å². The van der Waals surface area contributed by atoms with Crippen molar-refractivity contribution in [2.45, 2.75) is 12.5 Å². The van der Waals surface area contributed by atoms with Crippen LogP contribution in [0.3, 0.4) is 0 Å². The van der Waals surface area contributed by atoms with Crippen molar-refractivity contribution in [2.24, 2.45) is 0 Å². The van der Waals surface area contributed by atoms with Crippen molar-refractivity contribution < 1.29 is 33.0 Å². The van der Waals surface area contributed by atoms with E-state index in [1.807, 2.05) is 0 Å². The third kappa shape index (κ3) is 3.89. The van der Waals surface area contributed by atoms with E-state index in [1.165, 1.54) is 0 Å².